The maximum absolute atomic E-state index is 13.3. The molecule has 144 valence electrons. The average Bonchev–Trinajstić information content (AvgIpc) is 3.15. The molecule has 0 spiro atoms. The van der Waals surface area contributed by atoms with Crippen molar-refractivity contribution in [3.63, 3.8) is 0 Å². The molecule has 0 bridgehead atoms. The molecule has 2 heterocycles. The van der Waals surface area contributed by atoms with Gasteiger partial charge in [0.1, 0.15) is 24.4 Å². The summed E-state index contributed by atoms with van der Waals surface area (Å²) in [6.45, 7) is -0.306. The molecule has 0 radical (unpaired) electrons. The molecule has 0 aliphatic rings. The van der Waals surface area contributed by atoms with E-state index < -0.39 is 23.6 Å². The van der Waals surface area contributed by atoms with Gasteiger partial charge in [-0.1, -0.05) is 23.2 Å². The van der Waals surface area contributed by atoms with Crippen molar-refractivity contribution in [3.05, 3.63) is 70.2 Å². The molecule has 0 aliphatic carbocycles. The molecule has 28 heavy (non-hydrogen) atoms. The van der Waals surface area contributed by atoms with E-state index in [-0.39, 0.29) is 27.7 Å². The number of carbonyl (C=O) groups is 2. The van der Waals surface area contributed by atoms with Gasteiger partial charge in [0.25, 0.3) is 5.91 Å². The Morgan fingerprint density at radius 1 is 1.14 bits per heavy atom. The number of aliphatic carboxylic acids is 1. The lowest BCUT2D eigenvalue weighted by molar-refractivity contribution is -0.138. The Bertz CT molecular complexity index is 1010. The third-order valence-corrected chi connectivity index (χ3v) is 4.46. The van der Waals surface area contributed by atoms with Crippen molar-refractivity contribution in [1.29, 1.82) is 0 Å². The molecule has 0 saturated heterocycles. The van der Waals surface area contributed by atoms with Crippen LogP contribution >= 0.6 is 23.2 Å². The molecule has 11 heteroatoms. The van der Waals surface area contributed by atoms with Crippen molar-refractivity contribution in [2.24, 2.45) is 0 Å². The second-order valence-electron chi connectivity index (χ2n) is 5.69. The predicted octanol–water partition coefficient (Wildman–Crippen LogP) is 2.71. The first kappa shape index (κ1) is 19.7. The minimum absolute atomic E-state index is 0.0123. The van der Waals surface area contributed by atoms with Gasteiger partial charge in [0.15, 0.2) is 0 Å². The molecule has 1 unspecified atom stereocenters. The van der Waals surface area contributed by atoms with Crippen LogP contribution in [0.4, 0.5) is 4.39 Å². The molecule has 0 saturated carbocycles. The van der Waals surface area contributed by atoms with E-state index >= 15 is 0 Å². The van der Waals surface area contributed by atoms with Crippen LogP contribution in [0.15, 0.2) is 43.2 Å². The molecule has 0 fully saturated rings. The number of pyridine rings is 1. The number of carboxylic acids is 1. The van der Waals surface area contributed by atoms with E-state index in [1.807, 2.05) is 0 Å². The lowest BCUT2D eigenvalue weighted by atomic mass is 10.0. The third-order valence-electron chi connectivity index (χ3n) is 3.86. The van der Waals surface area contributed by atoms with Crippen LogP contribution in [-0.4, -0.2) is 43.3 Å². The van der Waals surface area contributed by atoms with E-state index in [9.17, 15) is 19.1 Å². The number of benzene rings is 1. The van der Waals surface area contributed by atoms with Gasteiger partial charge in [-0.3, -0.25) is 19.1 Å². The first-order valence-corrected chi connectivity index (χ1v) is 8.58. The maximum atomic E-state index is 13.3. The lowest BCUT2D eigenvalue weighted by Crippen LogP contribution is -2.32. The summed E-state index contributed by atoms with van der Waals surface area (Å²) in [5.41, 5.74) is 0.653. The number of nitrogens with one attached hydrogen (secondary N) is 1. The second-order valence-corrected chi connectivity index (χ2v) is 6.51. The first-order chi connectivity index (χ1) is 13.4. The SMILES string of the molecule is O=C(NCC(C(=O)O)c1cncc(F)c1)c1c(Cl)cc(-n2cnnc2)cc1Cl. The van der Waals surface area contributed by atoms with E-state index in [4.69, 9.17) is 23.2 Å². The molecule has 8 nitrogen and oxygen atoms in total. The van der Waals surface area contributed by atoms with Gasteiger partial charge in [0.05, 0.1) is 27.5 Å². The standard InChI is InChI=1S/C17H12Cl2FN5O3/c18-13-2-11(25-7-23-24-8-25)3-14(19)15(13)16(26)22-6-12(17(27)28)9-1-10(20)5-21-4-9/h1-5,7-8,12H,6H2,(H,22,26)(H,27,28). The Hall–Kier alpha value is -3.04. The van der Waals surface area contributed by atoms with Crippen LogP contribution in [0, 0.1) is 5.82 Å². The highest BCUT2D eigenvalue weighted by Crippen LogP contribution is 2.28. The number of rotatable bonds is 6. The zero-order chi connectivity index (χ0) is 20.3. The fourth-order valence-corrected chi connectivity index (χ4v) is 3.16. The number of hydrogen-bond acceptors (Lipinski definition) is 5. The quantitative estimate of drug-likeness (QED) is 0.630. The summed E-state index contributed by atoms with van der Waals surface area (Å²) in [4.78, 5) is 27.6. The van der Waals surface area contributed by atoms with E-state index in [2.05, 4.69) is 20.5 Å². The fourth-order valence-electron chi connectivity index (χ4n) is 2.51. The third kappa shape index (κ3) is 4.26. The zero-order valence-corrected chi connectivity index (χ0v) is 15.5. The smallest absolute Gasteiger partial charge is 0.312 e. The Labute approximate surface area is 167 Å². The van der Waals surface area contributed by atoms with Crippen LogP contribution in [0.25, 0.3) is 5.69 Å². The number of hydrogen-bond donors (Lipinski definition) is 2. The maximum Gasteiger partial charge on any atom is 0.312 e. The van der Waals surface area contributed by atoms with Crippen molar-refractivity contribution in [1.82, 2.24) is 25.1 Å². The summed E-state index contributed by atoms with van der Waals surface area (Å²) in [5.74, 6) is -3.78. The minimum atomic E-state index is -1.24. The largest absolute Gasteiger partial charge is 0.481 e. The normalized spacial score (nSPS) is 11.8. The molecule has 1 atom stereocenters. The minimum Gasteiger partial charge on any atom is -0.481 e. The highest BCUT2D eigenvalue weighted by atomic mass is 35.5. The number of halogens is 3. The fraction of sp³-hybridized carbons (Fsp3) is 0.118. The molecular formula is C17H12Cl2FN5O3. The number of carboxylic acid groups (broad SMARTS) is 1. The van der Waals surface area contributed by atoms with Gasteiger partial charge in [0, 0.05) is 12.7 Å². The van der Waals surface area contributed by atoms with Crippen LogP contribution in [0.5, 0.6) is 0 Å². The van der Waals surface area contributed by atoms with Crippen LogP contribution in [-0.2, 0) is 4.79 Å². The summed E-state index contributed by atoms with van der Waals surface area (Å²) >= 11 is 12.4. The van der Waals surface area contributed by atoms with E-state index in [1.165, 1.54) is 31.0 Å². The molecule has 0 aliphatic heterocycles. The van der Waals surface area contributed by atoms with Crippen molar-refractivity contribution in [2.75, 3.05) is 6.54 Å². The van der Waals surface area contributed by atoms with E-state index in [1.54, 1.807) is 4.57 Å². The molecule has 2 N–H and O–H groups in total. The predicted molar refractivity (Wildman–Crippen MR) is 98.3 cm³/mol. The molecule has 2 aromatic heterocycles. The van der Waals surface area contributed by atoms with Crippen LogP contribution in [0.1, 0.15) is 21.8 Å². The highest BCUT2D eigenvalue weighted by Gasteiger charge is 2.23. The summed E-state index contributed by atoms with van der Waals surface area (Å²) in [5, 5.41) is 19.3. The monoisotopic (exact) mass is 423 g/mol. The Morgan fingerprint density at radius 3 is 2.36 bits per heavy atom. The van der Waals surface area contributed by atoms with E-state index in [0.717, 1.165) is 12.3 Å². The van der Waals surface area contributed by atoms with Crippen molar-refractivity contribution in [2.45, 2.75) is 5.92 Å². The lowest BCUT2D eigenvalue weighted by Gasteiger charge is -2.15. The molecule has 1 amide bonds. The van der Waals surface area contributed by atoms with Crippen molar-refractivity contribution >= 4 is 35.1 Å². The Kier molecular flexibility index (Phi) is 5.86. The van der Waals surface area contributed by atoms with Gasteiger partial charge in [-0.15, -0.1) is 10.2 Å². The average molecular weight is 424 g/mol. The number of carbonyl (C=O) groups excluding carboxylic acids is 1. The van der Waals surface area contributed by atoms with Gasteiger partial charge in [-0.25, -0.2) is 4.39 Å². The van der Waals surface area contributed by atoms with Crippen LogP contribution in [0.2, 0.25) is 10.0 Å². The summed E-state index contributed by atoms with van der Waals surface area (Å²) in [6, 6.07) is 4.04. The van der Waals surface area contributed by atoms with Gasteiger partial charge in [-0.05, 0) is 23.8 Å². The molecule has 3 aromatic rings. The summed E-state index contributed by atoms with van der Waals surface area (Å²) in [7, 11) is 0. The molecular weight excluding hydrogens is 412 g/mol. The first-order valence-electron chi connectivity index (χ1n) is 7.82. The molecule has 1 aromatic carbocycles. The highest BCUT2D eigenvalue weighted by molar-refractivity contribution is 6.40. The summed E-state index contributed by atoms with van der Waals surface area (Å²) < 4.78 is 14.9. The van der Waals surface area contributed by atoms with E-state index in [0.29, 0.717) is 5.69 Å². The van der Waals surface area contributed by atoms with Crippen molar-refractivity contribution in [3.8, 4) is 5.69 Å². The van der Waals surface area contributed by atoms with Gasteiger partial charge >= 0.3 is 5.97 Å². The second kappa shape index (κ2) is 8.32. The van der Waals surface area contributed by atoms with Crippen LogP contribution in [0.3, 0.4) is 0 Å². The summed E-state index contributed by atoms with van der Waals surface area (Å²) in [6.07, 6.45) is 5.05. The molecule has 3 rings (SSSR count). The zero-order valence-electron chi connectivity index (χ0n) is 14.0. The number of nitrogens with zero attached hydrogens (tertiary/aromatic N) is 4. The van der Waals surface area contributed by atoms with Crippen molar-refractivity contribution < 1.29 is 19.1 Å². The number of aromatic nitrogens is 4. The van der Waals surface area contributed by atoms with Gasteiger partial charge < -0.3 is 10.4 Å². The van der Waals surface area contributed by atoms with Crippen LogP contribution < -0.4 is 5.32 Å². The number of amides is 1. The van der Waals surface area contributed by atoms with Gasteiger partial charge in [0.2, 0.25) is 0 Å². The van der Waals surface area contributed by atoms with Gasteiger partial charge in [-0.2, -0.15) is 0 Å². The Balaban J connectivity index is 1.79. The topological polar surface area (TPSA) is 110 Å². The Morgan fingerprint density at radius 2 is 1.79 bits per heavy atom.